The number of nitrogens with one attached hydrogen (secondary N) is 1. The van der Waals surface area contributed by atoms with Gasteiger partial charge in [0.15, 0.2) is 0 Å². The molecule has 0 fully saturated rings. The molecule has 0 unspecified atom stereocenters. The molecule has 0 saturated heterocycles. The zero-order valence-electron chi connectivity index (χ0n) is 11.9. The second-order valence-corrected chi connectivity index (χ2v) is 5.96. The Bertz CT molecular complexity index is 517. The SMILES string of the molecule is CCc1ccc(N)cc1S(=O)(=O)NCCOCCOC. The first-order valence-electron chi connectivity index (χ1n) is 6.46. The van der Waals surface area contributed by atoms with Gasteiger partial charge in [0, 0.05) is 19.3 Å². The lowest BCUT2D eigenvalue weighted by Gasteiger charge is -2.11. The van der Waals surface area contributed by atoms with E-state index in [0.717, 1.165) is 5.56 Å². The summed E-state index contributed by atoms with van der Waals surface area (Å²) in [4.78, 5) is 0.233. The van der Waals surface area contributed by atoms with Crippen molar-refractivity contribution >= 4 is 15.7 Å². The number of aryl methyl sites for hydroxylation is 1. The van der Waals surface area contributed by atoms with Crippen molar-refractivity contribution in [1.82, 2.24) is 4.72 Å². The molecule has 0 bridgehead atoms. The predicted molar refractivity (Wildman–Crippen MR) is 78.1 cm³/mol. The first-order chi connectivity index (χ1) is 9.51. The van der Waals surface area contributed by atoms with Crippen molar-refractivity contribution in [3.8, 4) is 0 Å². The van der Waals surface area contributed by atoms with E-state index >= 15 is 0 Å². The molecule has 0 heterocycles. The van der Waals surface area contributed by atoms with E-state index in [9.17, 15) is 8.42 Å². The molecule has 0 atom stereocenters. The highest BCUT2D eigenvalue weighted by Gasteiger charge is 2.17. The van der Waals surface area contributed by atoms with Gasteiger partial charge in [-0.15, -0.1) is 0 Å². The third kappa shape index (κ3) is 5.09. The minimum atomic E-state index is -3.56. The maximum atomic E-state index is 12.2. The van der Waals surface area contributed by atoms with Crippen LogP contribution in [0.5, 0.6) is 0 Å². The number of nitrogens with two attached hydrogens (primary N) is 1. The molecule has 0 saturated carbocycles. The molecular weight excluding hydrogens is 280 g/mol. The fraction of sp³-hybridized carbons (Fsp3) is 0.538. The van der Waals surface area contributed by atoms with Crippen LogP contribution in [0.3, 0.4) is 0 Å². The summed E-state index contributed by atoms with van der Waals surface area (Å²) < 4.78 is 37.0. The number of nitrogen functional groups attached to an aromatic ring is 1. The normalized spacial score (nSPS) is 11.7. The Labute approximate surface area is 120 Å². The number of methoxy groups -OCH3 is 1. The average molecular weight is 302 g/mol. The Morgan fingerprint density at radius 1 is 1.25 bits per heavy atom. The summed E-state index contributed by atoms with van der Waals surface area (Å²) in [5, 5.41) is 0. The minimum absolute atomic E-state index is 0.212. The second-order valence-electron chi connectivity index (χ2n) is 4.22. The van der Waals surface area contributed by atoms with Crippen LogP contribution in [0.25, 0.3) is 0 Å². The molecule has 1 rings (SSSR count). The van der Waals surface area contributed by atoms with Gasteiger partial charge < -0.3 is 15.2 Å². The van der Waals surface area contributed by atoms with E-state index in [1.54, 1.807) is 19.2 Å². The van der Waals surface area contributed by atoms with E-state index in [1.807, 2.05) is 6.92 Å². The highest BCUT2D eigenvalue weighted by molar-refractivity contribution is 7.89. The Kier molecular flexibility index (Phi) is 6.94. The summed E-state index contributed by atoms with van der Waals surface area (Å²) in [7, 11) is -1.98. The van der Waals surface area contributed by atoms with Crippen molar-refractivity contribution in [3.63, 3.8) is 0 Å². The van der Waals surface area contributed by atoms with Gasteiger partial charge in [0.1, 0.15) is 0 Å². The van der Waals surface area contributed by atoms with Crippen LogP contribution >= 0.6 is 0 Å². The highest BCUT2D eigenvalue weighted by atomic mass is 32.2. The molecule has 1 aromatic rings. The lowest BCUT2D eigenvalue weighted by molar-refractivity contribution is 0.0736. The summed E-state index contributed by atoms with van der Waals surface area (Å²) in [5.41, 5.74) is 6.83. The largest absolute Gasteiger partial charge is 0.399 e. The van der Waals surface area contributed by atoms with Gasteiger partial charge in [-0.1, -0.05) is 13.0 Å². The molecular formula is C13H22N2O4S. The Hall–Kier alpha value is -1.15. The Morgan fingerprint density at radius 2 is 2.00 bits per heavy atom. The number of anilines is 1. The van der Waals surface area contributed by atoms with Crippen molar-refractivity contribution in [2.75, 3.05) is 39.2 Å². The minimum Gasteiger partial charge on any atom is -0.399 e. The van der Waals surface area contributed by atoms with Gasteiger partial charge >= 0.3 is 0 Å². The molecule has 0 radical (unpaired) electrons. The first-order valence-corrected chi connectivity index (χ1v) is 7.94. The molecule has 114 valence electrons. The van der Waals surface area contributed by atoms with Crippen LogP contribution in [0.4, 0.5) is 5.69 Å². The van der Waals surface area contributed by atoms with Crippen molar-refractivity contribution in [2.45, 2.75) is 18.2 Å². The van der Waals surface area contributed by atoms with Crippen LogP contribution in [0, 0.1) is 0 Å². The quantitative estimate of drug-likeness (QED) is 0.519. The van der Waals surface area contributed by atoms with Crippen molar-refractivity contribution in [3.05, 3.63) is 23.8 Å². The van der Waals surface area contributed by atoms with Gasteiger partial charge in [0.2, 0.25) is 10.0 Å². The molecule has 0 aliphatic carbocycles. The highest BCUT2D eigenvalue weighted by Crippen LogP contribution is 2.19. The van der Waals surface area contributed by atoms with Crippen molar-refractivity contribution < 1.29 is 17.9 Å². The van der Waals surface area contributed by atoms with Crippen LogP contribution in [0.15, 0.2) is 23.1 Å². The number of benzene rings is 1. The molecule has 6 nitrogen and oxygen atoms in total. The summed E-state index contributed by atoms with van der Waals surface area (Å²) in [6, 6.07) is 4.91. The number of hydrogen-bond acceptors (Lipinski definition) is 5. The second kappa shape index (κ2) is 8.21. The van der Waals surface area contributed by atoms with E-state index in [2.05, 4.69) is 4.72 Å². The first kappa shape index (κ1) is 16.9. The van der Waals surface area contributed by atoms with Gasteiger partial charge in [-0.05, 0) is 24.1 Å². The van der Waals surface area contributed by atoms with E-state index in [1.165, 1.54) is 6.07 Å². The van der Waals surface area contributed by atoms with E-state index in [-0.39, 0.29) is 11.4 Å². The summed E-state index contributed by atoms with van der Waals surface area (Å²) in [5.74, 6) is 0. The van der Waals surface area contributed by atoms with Gasteiger partial charge in [0.25, 0.3) is 0 Å². The number of rotatable bonds is 9. The molecule has 20 heavy (non-hydrogen) atoms. The standard InChI is InChI=1S/C13H22N2O4S/c1-3-11-4-5-12(14)10-13(11)20(16,17)15-6-7-19-9-8-18-2/h4-5,10,15H,3,6-9,14H2,1-2H3. The molecule has 0 aliphatic rings. The summed E-state index contributed by atoms with van der Waals surface area (Å²) >= 11 is 0. The monoisotopic (exact) mass is 302 g/mol. The maximum Gasteiger partial charge on any atom is 0.240 e. The third-order valence-corrected chi connectivity index (χ3v) is 4.28. The molecule has 0 amide bonds. The topological polar surface area (TPSA) is 90.7 Å². The molecule has 0 spiro atoms. The lowest BCUT2D eigenvalue weighted by Crippen LogP contribution is -2.28. The molecule has 7 heteroatoms. The van der Waals surface area contributed by atoms with Crippen LogP contribution in [0.1, 0.15) is 12.5 Å². The van der Waals surface area contributed by atoms with Crippen LogP contribution in [-0.4, -0.2) is 41.9 Å². The smallest absolute Gasteiger partial charge is 0.240 e. The average Bonchev–Trinajstić information content (AvgIpc) is 2.42. The number of sulfonamides is 1. The maximum absolute atomic E-state index is 12.2. The van der Waals surface area contributed by atoms with Gasteiger partial charge in [-0.2, -0.15) is 0 Å². The van der Waals surface area contributed by atoms with E-state index < -0.39 is 10.0 Å². The Morgan fingerprint density at radius 3 is 2.65 bits per heavy atom. The van der Waals surface area contributed by atoms with Crippen molar-refractivity contribution in [2.24, 2.45) is 0 Å². The van der Waals surface area contributed by atoms with Gasteiger partial charge in [-0.3, -0.25) is 0 Å². The number of hydrogen-bond donors (Lipinski definition) is 2. The fourth-order valence-electron chi connectivity index (χ4n) is 1.68. The van der Waals surface area contributed by atoms with E-state index in [4.69, 9.17) is 15.2 Å². The predicted octanol–water partition coefficient (Wildman–Crippen LogP) is 0.772. The van der Waals surface area contributed by atoms with Gasteiger partial charge in [-0.25, -0.2) is 13.1 Å². The molecule has 3 N–H and O–H groups in total. The van der Waals surface area contributed by atoms with Crippen LogP contribution < -0.4 is 10.5 Å². The van der Waals surface area contributed by atoms with Crippen LogP contribution in [-0.2, 0) is 25.9 Å². The Balaban J connectivity index is 2.62. The van der Waals surface area contributed by atoms with Crippen molar-refractivity contribution in [1.29, 1.82) is 0 Å². The van der Waals surface area contributed by atoms with E-state index in [0.29, 0.717) is 31.9 Å². The lowest BCUT2D eigenvalue weighted by atomic mass is 10.1. The third-order valence-electron chi connectivity index (χ3n) is 2.73. The fourth-order valence-corrected chi connectivity index (χ4v) is 3.04. The molecule has 1 aromatic carbocycles. The van der Waals surface area contributed by atoms with Crippen LogP contribution in [0.2, 0.25) is 0 Å². The zero-order valence-corrected chi connectivity index (χ0v) is 12.7. The van der Waals surface area contributed by atoms with Gasteiger partial charge in [0.05, 0.1) is 24.7 Å². The summed E-state index contributed by atoms with van der Waals surface area (Å²) in [6.07, 6.45) is 0.626. The zero-order chi connectivity index (χ0) is 15.0. The molecule has 0 aliphatic heterocycles. The summed E-state index contributed by atoms with van der Waals surface area (Å²) in [6.45, 7) is 3.34. The molecule has 0 aromatic heterocycles. The number of ether oxygens (including phenoxy) is 2.